The number of carbonyl (C=O) groups is 2. The minimum absolute atomic E-state index is 0.106. The number of anilines is 2. The first kappa shape index (κ1) is 22.6. The van der Waals surface area contributed by atoms with Gasteiger partial charge in [-0.15, -0.1) is 0 Å². The Kier molecular flexibility index (Phi) is 7.87. The number of hydrogen-bond donors (Lipinski definition) is 2. The van der Waals surface area contributed by atoms with Gasteiger partial charge in [-0.05, 0) is 56.5 Å². The third-order valence-corrected chi connectivity index (χ3v) is 5.69. The molecule has 1 aliphatic heterocycles. The lowest BCUT2D eigenvalue weighted by molar-refractivity contribution is -0.126. The van der Waals surface area contributed by atoms with Gasteiger partial charge >= 0.3 is 6.03 Å². The maximum atomic E-state index is 14.5. The molecular weight excluding hydrogens is 395 g/mol. The summed E-state index contributed by atoms with van der Waals surface area (Å²) < 4.78 is 14.5. The summed E-state index contributed by atoms with van der Waals surface area (Å²) in [6, 6.07) is 14.2. The van der Waals surface area contributed by atoms with E-state index in [1.807, 2.05) is 55.1 Å². The molecule has 0 aliphatic carbocycles. The van der Waals surface area contributed by atoms with Crippen molar-refractivity contribution in [3.8, 4) is 0 Å². The van der Waals surface area contributed by atoms with Crippen molar-refractivity contribution in [2.24, 2.45) is 5.92 Å². The van der Waals surface area contributed by atoms with Crippen molar-refractivity contribution in [3.63, 3.8) is 0 Å². The highest BCUT2D eigenvalue weighted by Gasteiger charge is 2.28. The maximum Gasteiger partial charge on any atom is 0.321 e. The number of nitrogens with one attached hydrogen (secondary N) is 2. The SMILES string of the molecule is CCN(CC)c1ccc(CNC(=O)C2CCCN(C(=O)Nc3ccccc3)C2)cc1F. The second-order valence-electron chi connectivity index (χ2n) is 7.76. The van der Waals surface area contributed by atoms with Gasteiger partial charge in [-0.25, -0.2) is 9.18 Å². The van der Waals surface area contributed by atoms with Crippen LogP contribution in [0.25, 0.3) is 0 Å². The average molecular weight is 427 g/mol. The summed E-state index contributed by atoms with van der Waals surface area (Å²) in [5.74, 6) is -0.655. The van der Waals surface area contributed by atoms with Crippen LogP contribution in [-0.2, 0) is 11.3 Å². The number of halogens is 1. The molecule has 0 aromatic heterocycles. The molecule has 3 amide bonds. The first-order chi connectivity index (χ1) is 15.0. The molecule has 0 radical (unpaired) electrons. The van der Waals surface area contributed by atoms with Crippen molar-refractivity contribution in [2.45, 2.75) is 33.2 Å². The molecule has 0 bridgehead atoms. The Morgan fingerprint density at radius 1 is 1.13 bits per heavy atom. The van der Waals surface area contributed by atoms with E-state index >= 15 is 0 Å². The zero-order valence-electron chi connectivity index (χ0n) is 18.2. The first-order valence-electron chi connectivity index (χ1n) is 10.9. The average Bonchev–Trinajstić information content (AvgIpc) is 2.80. The number of hydrogen-bond acceptors (Lipinski definition) is 3. The lowest BCUT2D eigenvalue weighted by Crippen LogP contribution is -2.46. The Labute approximate surface area is 183 Å². The van der Waals surface area contributed by atoms with Crippen LogP contribution in [0.15, 0.2) is 48.5 Å². The number of para-hydroxylation sites is 1. The van der Waals surface area contributed by atoms with E-state index in [9.17, 15) is 14.0 Å². The molecule has 2 aromatic rings. The van der Waals surface area contributed by atoms with Crippen molar-refractivity contribution in [1.82, 2.24) is 10.2 Å². The van der Waals surface area contributed by atoms with Gasteiger partial charge in [0.05, 0.1) is 11.6 Å². The Hall–Kier alpha value is -3.09. The van der Waals surface area contributed by atoms with E-state index in [4.69, 9.17) is 0 Å². The van der Waals surface area contributed by atoms with Crippen LogP contribution >= 0.6 is 0 Å². The molecule has 1 atom stereocenters. The van der Waals surface area contributed by atoms with E-state index < -0.39 is 0 Å². The van der Waals surface area contributed by atoms with Crippen LogP contribution in [0.5, 0.6) is 0 Å². The third kappa shape index (κ3) is 5.96. The molecule has 2 N–H and O–H groups in total. The number of amides is 3. The minimum atomic E-state index is -0.281. The van der Waals surface area contributed by atoms with E-state index in [2.05, 4.69) is 10.6 Å². The first-order valence-corrected chi connectivity index (χ1v) is 10.9. The van der Waals surface area contributed by atoms with Crippen LogP contribution in [0.4, 0.5) is 20.6 Å². The zero-order valence-corrected chi connectivity index (χ0v) is 18.2. The van der Waals surface area contributed by atoms with E-state index in [-0.39, 0.29) is 30.2 Å². The Morgan fingerprint density at radius 2 is 1.87 bits per heavy atom. The molecule has 3 rings (SSSR count). The fourth-order valence-electron chi connectivity index (χ4n) is 3.91. The summed E-state index contributed by atoms with van der Waals surface area (Å²) in [5, 5.41) is 5.77. The monoisotopic (exact) mass is 426 g/mol. The van der Waals surface area contributed by atoms with Gasteiger partial charge in [0.15, 0.2) is 0 Å². The molecule has 7 heteroatoms. The number of likely N-dealkylation sites (tertiary alicyclic amines) is 1. The molecule has 1 saturated heterocycles. The largest absolute Gasteiger partial charge is 0.370 e. The number of piperidine rings is 1. The molecular formula is C24H31FN4O2. The highest BCUT2D eigenvalue weighted by molar-refractivity contribution is 5.90. The number of rotatable bonds is 7. The van der Waals surface area contributed by atoms with Crippen LogP contribution in [0.1, 0.15) is 32.3 Å². The summed E-state index contributed by atoms with van der Waals surface area (Å²) in [5.41, 5.74) is 2.03. The summed E-state index contributed by atoms with van der Waals surface area (Å²) in [6.45, 7) is 6.72. The fourth-order valence-corrected chi connectivity index (χ4v) is 3.91. The van der Waals surface area contributed by atoms with Gasteiger partial charge in [-0.3, -0.25) is 4.79 Å². The second kappa shape index (κ2) is 10.8. The Morgan fingerprint density at radius 3 is 2.55 bits per heavy atom. The molecule has 1 fully saturated rings. The number of urea groups is 1. The van der Waals surface area contributed by atoms with Crippen molar-refractivity contribution in [3.05, 3.63) is 59.9 Å². The van der Waals surface area contributed by atoms with Crippen LogP contribution in [0.2, 0.25) is 0 Å². The molecule has 1 unspecified atom stereocenters. The molecule has 0 saturated carbocycles. The molecule has 166 valence electrons. The van der Waals surface area contributed by atoms with E-state index in [1.54, 1.807) is 11.0 Å². The molecule has 2 aromatic carbocycles. The van der Waals surface area contributed by atoms with Gasteiger partial charge < -0.3 is 20.4 Å². The smallest absolute Gasteiger partial charge is 0.321 e. The predicted octanol–water partition coefficient (Wildman–Crippen LogP) is 4.23. The maximum absolute atomic E-state index is 14.5. The van der Waals surface area contributed by atoms with Crippen LogP contribution in [0, 0.1) is 11.7 Å². The molecule has 31 heavy (non-hydrogen) atoms. The van der Waals surface area contributed by atoms with E-state index in [0.29, 0.717) is 18.8 Å². The molecule has 6 nitrogen and oxygen atoms in total. The van der Waals surface area contributed by atoms with Gasteiger partial charge in [-0.2, -0.15) is 0 Å². The standard InChI is InChI=1S/C24H31FN4O2/c1-3-28(4-2)22-13-12-18(15-21(22)25)16-26-23(30)19-9-8-14-29(17-19)24(31)27-20-10-6-5-7-11-20/h5-7,10-13,15,19H,3-4,8-9,14,16-17H2,1-2H3,(H,26,30)(H,27,31). The normalized spacial score (nSPS) is 16.0. The van der Waals surface area contributed by atoms with Crippen LogP contribution in [-0.4, -0.2) is 43.0 Å². The molecule has 1 heterocycles. The van der Waals surface area contributed by atoms with Gasteiger partial charge in [0.1, 0.15) is 5.82 Å². The van der Waals surface area contributed by atoms with E-state index in [0.717, 1.165) is 37.2 Å². The van der Waals surface area contributed by atoms with Gasteiger partial charge in [0.25, 0.3) is 0 Å². The summed E-state index contributed by atoms with van der Waals surface area (Å²) in [7, 11) is 0. The Bertz CT molecular complexity index is 886. The van der Waals surface area contributed by atoms with Gasteiger partial charge in [-0.1, -0.05) is 24.3 Å². The quantitative estimate of drug-likeness (QED) is 0.696. The topological polar surface area (TPSA) is 64.7 Å². The van der Waals surface area contributed by atoms with Crippen LogP contribution in [0.3, 0.4) is 0 Å². The summed E-state index contributed by atoms with van der Waals surface area (Å²) >= 11 is 0. The zero-order chi connectivity index (χ0) is 22.2. The predicted molar refractivity (Wildman–Crippen MR) is 122 cm³/mol. The molecule has 0 spiro atoms. The molecule has 1 aliphatic rings. The number of nitrogens with zero attached hydrogens (tertiary/aromatic N) is 2. The highest BCUT2D eigenvalue weighted by atomic mass is 19.1. The van der Waals surface area contributed by atoms with Crippen molar-refractivity contribution < 1.29 is 14.0 Å². The van der Waals surface area contributed by atoms with Crippen LogP contribution < -0.4 is 15.5 Å². The fraction of sp³-hybridized carbons (Fsp3) is 0.417. The van der Waals surface area contributed by atoms with E-state index in [1.165, 1.54) is 6.07 Å². The number of carbonyl (C=O) groups excluding carboxylic acids is 2. The summed E-state index contributed by atoms with van der Waals surface area (Å²) in [6.07, 6.45) is 1.50. The lowest BCUT2D eigenvalue weighted by Gasteiger charge is -2.32. The van der Waals surface area contributed by atoms with Crippen molar-refractivity contribution in [2.75, 3.05) is 36.4 Å². The highest BCUT2D eigenvalue weighted by Crippen LogP contribution is 2.21. The minimum Gasteiger partial charge on any atom is -0.370 e. The van der Waals surface area contributed by atoms with Crippen molar-refractivity contribution in [1.29, 1.82) is 0 Å². The van der Waals surface area contributed by atoms with Gasteiger partial charge in [0.2, 0.25) is 5.91 Å². The third-order valence-electron chi connectivity index (χ3n) is 5.69. The number of benzene rings is 2. The van der Waals surface area contributed by atoms with Gasteiger partial charge in [0, 0.05) is 38.4 Å². The van der Waals surface area contributed by atoms with Crippen molar-refractivity contribution >= 4 is 23.3 Å². The summed E-state index contributed by atoms with van der Waals surface area (Å²) in [4.78, 5) is 28.8. The second-order valence-corrected chi connectivity index (χ2v) is 7.76. The Balaban J connectivity index is 1.53. The lowest BCUT2D eigenvalue weighted by atomic mass is 9.97.